The summed E-state index contributed by atoms with van der Waals surface area (Å²) in [5, 5.41) is 13.2. The standard InChI is InChI=1S/C14H20ClFN2O/c15-12-6-10(16)4-5-11(12)14(7-17)18-13-3-1-2-9(13)8-19/h4-6,9,13-14,18-19H,1-3,7-8,17H2. The van der Waals surface area contributed by atoms with Gasteiger partial charge in [-0.05, 0) is 36.5 Å². The molecule has 1 aliphatic rings. The Balaban J connectivity index is 2.11. The SMILES string of the molecule is NCC(NC1CCCC1CO)c1ccc(F)cc1Cl. The summed E-state index contributed by atoms with van der Waals surface area (Å²) >= 11 is 6.07. The summed E-state index contributed by atoms with van der Waals surface area (Å²) in [5.74, 6) is -0.0769. The number of nitrogens with one attached hydrogen (secondary N) is 1. The largest absolute Gasteiger partial charge is 0.396 e. The van der Waals surface area contributed by atoms with Gasteiger partial charge < -0.3 is 16.2 Å². The second-order valence-corrected chi connectivity index (χ2v) is 5.51. The zero-order chi connectivity index (χ0) is 13.8. The van der Waals surface area contributed by atoms with E-state index in [0.717, 1.165) is 24.8 Å². The van der Waals surface area contributed by atoms with Crippen molar-refractivity contribution in [2.75, 3.05) is 13.2 Å². The van der Waals surface area contributed by atoms with E-state index in [2.05, 4.69) is 5.32 Å². The molecule has 1 fully saturated rings. The lowest BCUT2D eigenvalue weighted by molar-refractivity contribution is 0.200. The Kier molecular flexibility index (Phi) is 5.16. The first-order valence-corrected chi connectivity index (χ1v) is 7.05. The summed E-state index contributed by atoms with van der Waals surface area (Å²) < 4.78 is 13.1. The van der Waals surface area contributed by atoms with Crippen molar-refractivity contribution in [3.8, 4) is 0 Å². The van der Waals surface area contributed by atoms with Crippen molar-refractivity contribution in [3.63, 3.8) is 0 Å². The first-order valence-electron chi connectivity index (χ1n) is 6.67. The molecule has 3 atom stereocenters. The van der Waals surface area contributed by atoms with Crippen LogP contribution in [0.2, 0.25) is 5.02 Å². The lowest BCUT2D eigenvalue weighted by Crippen LogP contribution is -2.40. The fourth-order valence-electron chi connectivity index (χ4n) is 2.80. The molecule has 3 nitrogen and oxygen atoms in total. The summed E-state index contributed by atoms with van der Waals surface area (Å²) in [6.07, 6.45) is 3.17. The quantitative estimate of drug-likeness (QED) is 0.778. The first kappa shape index (κ1) is 14.7. The fraction of sp³-hybridized carbons (Fsp3) is 0.571. The summed E-state index contributed by atoms with van der Waals surface area (Å²) in [6.45, 7) is 0.576. The minimum Gasteiger partial charge on any atom is -0.396 e. The Morgan fingerprint density at radius 3 is 2.89 bits per heavy atom. The van der Waals surface area contributed by atoms with Gasteiger partial charge >= 0.3 is 0 Å². The van der Waals surface area contributed by atoms with Crippen LogP contribution in [0.1, 0.15) is 30.9 Å². The molecule has 106 valence electrons. The van der Waals surface area contributed by atoms with E-state index in [1.807, 2.05) is 0 Å². The van der Waals surface area contributed by atoms with Gasteiger partial charge in [0.25, 0.3) is 0 Å². The lowest BCUT2D eigenvalue weighted by Gasteiger charge is -2.26. The number of hydrogen-bond donors (Lipinski definition) is 3. The fourth-order valence-corrected chi connectivity index (χ4v) is 3.10. The maximum atomic E-state index is 13.1. The van der Waals surface area contributed by atoms with Crippen molar-refractivity contribution < 1.29 is 9.50 Å². The molecule has 1 aromatic rings. The number of nitrogens with two attached hydrogens (primary N) is 1. The van der Waals surface area contributed by atoms with Gasteiger partial charge in [-0.3, -0.25) is 0 Å². The molecule has 0 saturated heterocycles. The number of rotatable bonds is 5. The Labute approximate surface area is 117 Å². The van der Waals surface area contributed by atoms with Crippen molar-refractivity contribution in [2.24, 2.45) is 11.7 Å². The van der Waals surface area contributed by atoms with E-state index in [4.69, 9.17) is 17.3 Å². The van der Waals surface area contributed by atoms with Crippen LogP contribution in [0.25, 0.3) is 0 Å². The van der Waals surface area contributed by atoms with Crippen molar-refractivity contribution in [1.29, 1.82) is 0 Å². The molecule has 0 radical (unpaired) electrons. The topological polar surface area (TPSA) is 58.3 Å². The van der Waals surface area contributed by atoms with Gasteiger partial charge in [-0.15, -0.1) is 0 Å². The predicted molar refractivity (Wildman–Crippen MR) is 74.6 cm³/mol. The monoisotopic (exact) mass is 286 g/mol. The van der Waals surface area contributed by atoms with Gasteiger partial charge in [-0.2, -0.15) is 0 Å². The van der Waals surface area contributed by atoms with E-state index in [-0.39, 0.29) is 30.4 Å². The van der Waals surface area contributed by atoms with E-state index in [9.17, 15) is 9.50 Å². The van der Waals surface area contributed by atoms with Crippen molar-refractivity contribution >= 4 is 11.6 Å². The minimum absolute atomic E-state index is 0.106. The van der Waals surface area contributed by atoms with Crippen LogP contribution < -0.4 is 11.1 Å². The molecule has 4 N–H and O–H groups in total. The first-order chi connectivity index (χ1) is 9.15. The molecule has 0 bridgehead atoms. The Morgan fingerprint density at radius 2 is 2.26 bits per heavy atom. The minimum atomic E-state index is -0.348. The highest BCUT2D eigenvalue weighted by atomic mass is 35.5. The molecule has 1 saturated carbocycles. The third-order valence-electron chi connectivity index (χ3n) is 3.88. The van der Waals surface area contributed by atoms with Gasteiger partial charge in [0.05, 0.1) is 0 Å². The lowest BCUT2D eigenvalue weighted by atomic mass is 10.0. The van der Waals surface area contributed by atoms with Gasteiger partial charge in [-0.25, -0.2) is 4.39 Å². The van der Waals surface area contributed by atoms with Gasteiger partial charge in [0.1, 0.15) is 5.82 Å². The van der Waals surface area contributed by atoms with Crippen LogP contribution >= 0.6 is 11.6 Å². The number of aliphatic hydroxyl groups is 1. The molecule has 1 aliphatic carbocycles. The maximum absolute atomic E-state index is 13.1. The van der Waals surface area contributed by atoms with Crippen LogP contribution in [0.3, 0.4) is 0 Å². The van der Waals surface area contributed by atoms with Crippen LogP contribution in [0.15, 0.2) is 18.2 Å². The average molecular weight is 287 g/mol. The van der Waals surface area contributed by atoms with Crippen LogP contribution in [0.4, 0.5) is 4.39 Å². The number of halogens is 2. The Bertz CT molecular complexity index is 430. The van der Waals surface area contributed by atoms with Crippen LogP contribution in [-0.4, -0.2) is 24.3 Å². The highest BCUT2D eigenvalue weighted by Crippen LogP contribution is 2.29. The molecule has 0 spiro atoms. The highest BCUT2D eigenvalue weighted by molar-refractivity contribution is 6.31. The molecule has 3 unspecified atom stereocenters. The van der Waals surface area contributed by atoms with E-state index in [0.29, 0.717) is 11.6 Å². The zero-order valence-electron chi connectivity index (χ0n) is 10.8. The number of benzene rings is 1. The summed E-state index contributed by atoms with van der Waals surface area (Å²) in [6, 6.07) is 4.51. The molecule has 1 aromatic carbocycles. The van der Waals surface area contributed by atoms with E-state index in [1.54, 1.807) is 6.07 Å². The molecule has 19 heavy (non-hydrogen) atoms. The van der Waals surface area contributed by atoms with Gasteiger partial charge in [0.2, 0.25) is 0 Å². The highest BCUT2D eigenvalue weighted by Gasteiger charge is 2.29. The van der Waals surface area contributed by atoms with Crippen molar-refractivity contribution in [3.05, 3.63) is 34.6 Å². The zero-order valence-corrected chi connectivity index (χ0v) is 11.5. The van der Waals surface area contributed by atoms with Gasteiger partial charge in [0.15, 0.2) is 0 Å². The molecular formula is C14H20ClFN2O. The van der Waals surface area contributed by atoms with Crippen molar-refractivity contribution in [1.82, 2.24) is 5.32 Å². The predicted octanol–water partition coefficient (Wildman–Crippen LogP) is 2.23. The third kappa shape index (κ3) is 3.45. The van der Waals surface area contributed by atoms with Gasteiger partial charge in [-0.1, -0.05) is 24.1 Å². The van der Waals surface area contributed by atoms with Crippen LogP contribution in [0.5, 0.6) is 0 Å². The summed E-state index contributed by atoms with van der Waals surface area (Å²) in [4.78, 5) is 0. The normalized spacial score (nSPS) is 24.6. The van der Waals surface area contributed by atoms with E-state index in [1.165, 1.54) is 12.1 Å². The maximum Gasteiger partial charge on any atom is 0.124 e. The molecule has 0 heterocycles. The Hall–Kier alpha value is -0.680. The molecule has 2 rings (SSSR count). The van der Waals surface area contributed by atoms with Crippen LogP contribution in [-0.2, 0) is 0 Å². The molecule has 0 aromatic heterocycles. The number of hydrogen-bond acceptors (Lipinski definition) is 3. The smallest absolute Gasteiger partial charge is 0.124 e. The second kappa shape index (κ2) is 6.66. The average Bonchev–Trinajstić information content (AvgIpc) is 2.84. The van der Waals surface area contributed by atoms with Gasteiger partial charge in [0, 0.05) is 30.3 Å². The summed E-state index contributed by atoms with van der Waals surface area (Å²) in [7, 11) is 0. The molecule has 0 aliphatic heterocycles. The van der Waals surface area contributed by atoms with Crippen LogP contribution in [0, 0.1) is 11.7 Å². The molecule has 5 heteroatoms. The number of aliphatic hydroxyl groups excluding tert-OH is 1. The Morgan fingerprint density at radius 1 is 1.47 bits per heavy atom. The molecular weight excluding hydrogens is 267 g/mol. The molecule has 0 amide bonds. The van der Waals surface area contributed by atoms with E-state index < -0.39 is 0 Å². The van der Waals surface area contributed by atoms with E-state index >= 15 is 0 Å². The van der Waals surface area contributed by atoms with Crippen molar-refractivity contribution in [2.45, 2.75) is 31.3 Å². The second-order valence-electron chi connectivity index (χ2n) is 5.10. The summed E-state index contributed by atoms with van der Waals surface area (Å²) in [5.41, 5.74) is 6.61. The third-order valence-corrected chi connectivity index (χ3v) is 4.21.